The first-order valence-electron chi connectivity index (χ1n) is 7.83. The summed E-state index contributed by atoms with van der Waals surface area (Å²) in [6.45, 7) is 5.83. The zero-order valence-electron chi connectivity index (χ0n) is 13.0. The number of rotatable bonds is 8. The lowest BCUT2D eigenvalue weighted by Gasteiger charge is -2.23. The van der Waals surface area contributed by atoms with Gasteiger partial charge in [0.25, 0.3) is 0 Å². The average molecular weight is 290 g/mol. The van der Waals surface area contributed by atoms with Crippen LogP contribution in [-0.2, 0) is 4.79 Å². The second-order valence-corrected chi connectivity index (χ2v) is 5.89. The fourth-order valence-corrected chi connectivity index (χ4v) is 2.59. The van der Waals surface area contributed by atoms with Crippen LogP contribution in [0.25, 0.3) is 0 Å². The molecule has 1 aliphatic carbocycles. The minimum absolute atomic E-state index is 0.0442. The number of benzene rings is 1. The average Bonchev–Trinajstić information content (AvgIpc) is 3.30. The Balaban J connectivity index is 1.96. The van der Waals surface area contributed by atoms with Crippen molar-refractivity contribution >= 4 is 5.91 Å². The number of carbonyl (C=O) groups excluding carboxylic acids is 1. The molecule has 21 heavy (non-hydrogen) atoms. The van der Waals surface area contributed by atoms with Crippen molar-refractivity contribution < 1.29 is 9.90 Å². The van der Waals surface area contributed by atoms with Crippen LogP contribution >= 0.6 is 0 Å². The molecule has 0 aromatic heterocycles. The van der Waals surface area contributed by atoms with Gasteiger partial charge in [0.05, 0.1) is 19.2 Å². The maximum absolute atomic E-state index is 12.2. The number of aryl methyl sites for hydroxylation is 1. The summed E-state index contributed by atoms with van der Waals surface area (Å²) in [7, 11) is 0. The molecular weight excluding hydrogens is 264 g/mol. The number of likely N-dealkylation sites (N-methyl/N-ethyl adjacent to an activating group) is 1. The summed E-state index contributed by atoms with van der Waals surface area (Å²) in [5, 5.41) is 12.2. The molecule has 1 aromatic carbocycles. The molecule has 0 heterocycles. The fourth-order valence-electron chi connectivity index (χ4n) is 2.59. The number of hydrogen-bond acceptors (Lipinski definition) is 3. The summed E-state index contributed by atoms with van der Waals surface area (Å²) >= 11 is 0. The van der Waals surface area contributed by atoms with Crippen LogP contribution in [0, 0.1) is 12.8 Å². The van der Waals surface area contributed by atoms with Crippen molar-refractivity contribution in [2.75, 3.05) is 26.2 Å². The first kappa shape index (κ1) is 16.0. The largest absolute Gasteiger partial charge is 0.395 e. The standard InChI is InChI=1S/C17H26N2O2/c1-3-19(10-11-20)12-16(21)18-17(15-8-9-15)14-6-4-13(2)5-7-14/h4-7,15,17,20H,3,8-12H2,1-2H3,(H,18,21). The van der Waals surface area contributed by atoms with Gasteiger partial charge in [0, 0.05) is 6.54 Å². The third kappa shape index (κ3) is 4.83. The van der Waals surface area contributed by atoms with Crippen LogP contribution in [0.3, 0.4) is 0 Å². The Kier molecular flexibility index (Phi) is 5.76. The van der Waals surface area contributed by atoms with Gasteiger partial charge in [0.15, 0.2) is 0 Å². The molecule has 2 rings (SSSR count). The van der Waals surface area contributed by atoms with Crippen LogP contribution in [0.15, 0.2) is 24.3 Å². The Morgan fingerprint density at radius 3 is 2.57 bits per heavy atom. The summed E-state index contributed by atoms with van der Waals surface area (Å²) < 4.78 is 0. The molecule has 0 saturated heterocycles. The minimum Gasteiger partial charge on any atom is -0.395 e. The highest BCUT2D eigenvalue weighted by atomic mass is 16.3. The molecule has 1 unspecified atom stereocenters. The van der Waals surface area contributed by atoms with Crippen molar-refractivity contribution in [1.29, 1.82) is 0 Å². The molecule has 0 spiro atoms. The topological polar surface area (TPSA) is 52.6 Å². The van der Waals surface area contributed by atoms with Crippen molar-refractivity contribution in [2.24, 2.45) is 5.92 Å². The van der Waals surface area contributed by atoms with Gasteiger partial charge in [-0.25, -0.2) is 0 Å². The van der Waals surface area contributed by atoms with Crippen molar-refractivity contribution in [3.63, 3.8) is 0 Å². The summed E-state index contributed by atoms with van der Waals surface area (Å²) in [5.41, 5.74) is 2.43. The molecule has 0 bridgehead atoms. The number of amides is 1. The lowest BCUT2D eigenvalue weighted by molar-refractivity contribution is -0.123. The van der Waals surface area contributed by atoms with Gasteiger partial charge in [-0.15, -0.1) is 0 Å². The van der Waals surface area contributed by atoms with Crippen LogP contribution < -0.4 is 5.32 Å². The zero-order valence-corrected chi connectivity index (χ0v) is 13.0. The number of hydrogen-bond donors (Lipinski definition) is 2. The van der Waals surface area contributed by atoms with E-state index in [2.05, 4.69) is 36.5 Å². The molecule has 116 valence electrons. The van der Waals surface area contributed by atoms with Crippen molar-refractivity contribution in [3.05, 3.63) is 35.4 Å². The maximum Gasteiger partial charge on any atom is 0.234 e. The Morgan fingerprint density at radius 1 is 1.38 bits per heavy atom. The van der Waals surface area contributed by atoms with Gasteiger partial charge < -0.3 is 10.4 Å². The van der Waals surface area contributed by atoms with Crippen LogP contribution in [0.5, 0.6) is 0 Å². The van der Waals surface area contributed by atoms with Crippen molar-refractivity contribution in [1.82, 2.24) is 10.2 Å². The molecule has 1 aromatic rings. The van der Waals surface area contributed by atoms with E-state index in [1.165, 1.54) is 24.0 Å². The van der Waals surface area contributed by atoms with Crippen LogP contribution in [-0.4, -0.2) is 42.2 Å². The Labute approximate surface area is 127 Å². The van der Waals surface area contributed by atoms with Crippen LogP contribution in [0.4, 0.5) is 0 Å². The van der Waals surface area contributed by atoms with E-state index in [0.29, 0.717) is 19.0 Å². The monoisotopic (exact) mass is 290 g/mol. The number of nitrogens with one attached hydrogen (secondary N) is 1. The molecule has 1 amide bonds. The maximum atomic E-state index is 12.2. The second-order valence-electron chi connectivity index (χ2n) is 5.89. The van der Waals surface area contributed by atoms with E-state index in [-0.39, 0.29) is 18.6 Å². The lowest BCUT2D eigenvalue weighted by atomic mass is 10.0. The molecule has 2 N–H and O–H groups in total. The smallest absolute Gasteiger partial charge is 0.234 e. The molecule has 0 radical (unpaired) electrons. The van der Waals surface area contributed by atoms with E-state index >= 15 is 0 Å². The lowest BCUT2D eigenvalue weighted by Crippen LogP contribution is -2.40. The molecule has 0 aliphatic heterocycles. The summed E-state index contributed by atoms with van der Waals surface area (Å²) in [6.07, 6.45) is 2.37. The molecule has 1 saturated carbocycles. The number of aliphatic hydroxyl groups is 1. The van der Waals surface area contributed by atoms with Gasteiger partial charge in [-0.2, -0.15) is 0 Å². The Hall–Kier alpha value is -1.39. The van der Waals surface area contributed by atoms with Gasteiger partial charge in [0.1, 0.15) is 0 Å². The number of nitrogens with zero attached hydrogens (tertiary/aromatic N) is 1. The first-order chi connectivity index (χ1) is 10.1. The van der Waals surface area contributed by atoms with Crippen LogP contribution in [0.1, 0.15) is 36.9 Å². The molecule has 1 fully saturated rings. The van der Waals surface area contributed by atoms with Crippen LogP contribution in [0.2, 0.25) is 0 Å². The minimum atomic E-state index is 0.0442. The summed E-state index contributed by atoms with van der Waals surface area (Å²) in [5.74, 6) is 0.618. The van der Waals surface area contributed by atoms with E-state index in [9.17, 15) is 4.79 Å². The number of aliphatic hydroxyl groups excluding tert-OH is 1. The molecule has 1 atom stereocenters. The normalized spacial score (nSPS) is 16.0. The van der Waals surface area contributed by atoms with Gasteiger partial charge in [-0.3, -0.25) is 9.69 Å². The third-order valence-electron chi connectivity index (χ3n) is 4.08. The van der Waals surface area contributed by atoms with Crippen molar-refractivity contribution in [2.45, 2.75) is 32.7 Å². The van der Waals surface area contributed by atoms with E-state index in [0.717, 1.165) is 6.54 Å². The quantitative estimate of drug-likeness (QED) is 0.768. The third-order valence-corrected chi connectivity index (χ3v) is 4.08. The molecule has 1 aliphatic rings. The second kappa shape index (κ2) is 7.57. The SMILES string of the molecule is CCN(CCO)CC(=O)NC(c1ccc(C)cc1)C1CC1. The van der Waals surface area contributed by atoms with Gasteiger partial charge in [0.2, 0.25) is 5.91 Å². The Bertz CT molecular complexity index is 454. The van der Waals surface area contributed by atoms with Gasteiger partial charge in [-0.1, -0.05) is 36.8 Å². The summed E-state index contributed by atoms with van der Waals surface area (Å²) in [4.78, 5) is 14.2. The fraction of sp³-hybridized carbons (Fsp3) is 0.588. The highest BCUT2D eigenvalue weighted by Gasteiger charge is 2.33. The van der Waals surface area contributed by atoms with Gasteiger partial charge in [-0.05, 0) is 37.8 Å². The molecular formula is C17H26N2O2. The predicted molar refractivity (Wildman–Crippen MR) is 84.0 cm³/mol. The van der Waals surface area contributed by atoms with Gasteiger partial charge >= 0.3 is 0 Å². The Morgan fingerprint density at radius 2 is 2.05 bits per heavy atom. The molecule has 4 nitrogen and oxygen atoms in total. The highest BCUT2D eigenvalue weighted by Crippen LogP contribution is 2.41. The van der Waals surface area contributed by atoms with E-state index in [4.69, 9.17) is 5.11 Å². The molecule has 4 heteroatoms. The number of carbonyl (C=O) groups is 1. The zero-order chi connectivity index (χ0) is 15.2. The van der Waals surface area contributed by atoms with E-state index in [1.807, 2.05) is 11.8 Å². The predicted octanol–water partition coefficient (Wildman–Crippen LogP) is 1.88. The highest BCUT2D eigenvalue weighted by molar-refractivity contribution is 5.78. The summed E-state index contributed by atoms with van der Waals surface area (Å²) in [6, 6.07) is 8.56. The van der Waals surface area contributed by atoms with E-state index in [1.54, 1.807) is 0 Å². The van der Waals surface area contributed by atoms with E-state index < -0.39 is 0 Å². The van der Waals surface area contributed by atoms with Crippen molar-refractivity contribution in [3.8, 4) is 0 Å². The first-order valence-corrected chi connectivity index (χ1v) is 7.83.